The number of allylic oxidation sites excluding steroid dienone is 2. The first-order chi connectivity index (χ1) is 43.3. The summed E-state index contributed by atoms with van der Waals surface area (Å²) in [4.78, 5) is 170. The number of hydrogen-bond donors (Lipinski definition) is 5. The van der Waals surface area contributed by atoms with Crippen molar-refractivity contribution in [3.05, 3.63) is 18.5 Å². The molecule has 93 heavy (non-hydrogen) atoms. The molecule has 1 aromatic rings. The first kappa shape index (κ1) is 82.0. The second kappa shape index (κ2) is 38.3. The van der Waals surface area contributed by atoms with Crippen LogP contribution >= 0.6 is 0 Å². The number of aliphatic hydroxyl groups is 1. The molecule has 1 aliphatic rings. The maximum Gasteiger partial charge on any atom is 0.246 e. The van der Waals surface area contributed by atoms with E-state index < -0.39 is 162 Å². The first-order valence-electron chi connectivity index (χ1n) is 33.0. The van der Waals surface area contributed by atoms with E-state index in [4.69, 9.17) is 4.74 Å². The third-order valence-electron chi connectivity index (χ3n) is 17.3. The Labute approximate surface area is 552 Å². The van der Waals surface area contributed by atoms with Crippen LogP contribution in [0.15, 0.2) is 18.5 Å². The van der Waals surface area contributed by atoms with E-state index in [1.807, 2.05) is 41.5 Å². The predicted molar refractivity (Wildman–Crippen MR) is 351 cm³/mol. The summed E-state index contributed by atoms with van der Waals surface area (Å²) in [7, 11) is 9.78. The van der Waals surface area contributed by atoms with E-state index in [2.05, 4.69) is 36.8 Å². The van der Waals surface area contributed by atoms with Crippen molar-refractivity contribution in [2.45, 2.75) is 235 Å². The van der Waals surface area contributed by atoms with Crippen molar-refractivity contribution < 1.29 is 62.6 Å². The van der Waals surface area contributed by atoms with Crippen LogP contribution in [0.2, 0.25) is 0 Å². The van der Waals surface area contributed by atoms with Gasteiger partial charge in [0.15, 0.2) is 0 Å². The monoisotopic (exact) mass is 1310 g/mol. The smallest absolute Gasteiger partial charge is 0.246 e. The average molecular weight is 1310 g/mol. The second-order valence-corrected chi connectivity index (χ2v) is 27.2. The molecule has 28 heteroatoms. The highest BCUT2D eigenvalue weighted by Crippen LogP contribution is 2.26. The minimum atomic E-state index is -1.64. The van der Waals surface area contributed by atoms with E-state index in [0.717, 1.165) is 14.7 Å². The Bertz CT molecular complexity index is 2670. The van der Waals surface area contributed by atoms with Crippen LogP contribution < -0.4 is 21.3 Å². The third kappa shape index (κ3) is 23.4. The van der Waals surface area contributed by atoms with Gasteiger partial charge < -0.3 is 65.4 Å². The molecule has 528 valence electrons. The van der Waals surface area contributed by atoms with Gasteiger partial charge in [-0.3, -0.25) is 52.7 Å². The Morgan fingerprint density at radius 3 is 1.57 bits per heavy atom. The lowest BCUT2D eigenvalue weighted by atomic mass is 9.91. The molecule has 0 radical (unpaired) electrons. The lowest BCUT2D eigenvalue weighted by Gasteiger charge is -2.41. The molecule has 0 saturated carbocycles. The molecule has 1 aromatic heterocycles. The Balaban J connectivity index is 2.98. The van der Waals surface area contributed by atoms with E-state index in [1.54, 1.807) is 72.2 Å². The molecule has 2 heterocycles. The standard InChI is InChI=1S/C65H115N15O13/c1-24-26-29-42(13)55(82)54-59(86)69-46(25-2)61(88)73(17)35-50(81)77(21)53(45(16)93-31-28-27-30-80-36-66-71-72-80)58(85)70-51(40(9)10)64(91)74(18)47(32-37(3)4)57(84)67-43(14)56(83)68-44(15)60(87)75(19)48(33-38(5)6)62(89)76(20)49(34-39(7)8)63(90)78(22)52(41(11)12)65(92)79(54)23/h24,26,36-49,51-55,82H,25,27-35H2,1-23H3,(H,67,84)(H,68,83)(H,69,86)(H,70,85)/b26-24+/t42-,43+,44+,45-,46+,47-,48+,49-,51+,52+,53+,54+,55-/m1/s1. The van der Waals surface area contributed by atoms with Gasteiger partial charge in [-0.25, -0.2) is 4.68 Å². The summed E-state index contributed by atoms with van der Waals surface area (Å²) in [6.45, 7) is 27.6. The summed E-state index contributed by atoms with van der Waals surface area (Å²) < 4.78 is 7.78. The molecule has 2 rings (SSSR count). The molecule has 0 unspecified atom stereocenters. The van der Waals surface area contributed by atoms with Crippen LogP contribution in [0.5, 0.6) is 0 Å². The molecule has 0 spiro atoms. The Morgan fingerprint density at radius 1 is 0.559 bits per heavy atom. The number of aliphatic hydroxyl groups excluding tert-OH is 1. The van der Waals surface area contributed by atoms with Gasteiger partial charge in [0, 0.05) is 62.5 Å². The van der Waals surface area contributed by atoms with Crippen molar-refractivity contribution in [1.82, 2.24) is 75.8 Å². The topological polar surface area (TPSA) is 332 Å². The van der Waals surface area contributed by atoms with E-state index in [-0.39, 0.29) is 50.0 Å². The number of aromatic nitrogens is 4. The lowest BCUT2D eigenvalue weighted by molar-refractivity contribution is -0.157. The minimum Gasteiger partial charge on any atom is -0.390 e. The SMILES string of the molecule is C/C=C/C[C@@H](C)[C@@H](O)[C@H]1C(=O)N[C@@H](CC)C(=O)N(C)CC(=O)N(C)[C@@H]([C@@H](C)OCCCCn2cnnn2)C(=O)N[C@@H](C(C)C)C(=O)N(C)[C@H](CC(C)C)C(=O)N[C@@H](C)C(=O)N[C@@H](C)C(=O)N(C)[C@@H](CC(C)C)C(=O)N(C)[C@H](CC(C)C)C(=O)N(C)[C@@H](C(C)C)C(=O)N1C. The van der Waals surface area contributed by atoms with E-state index >= 15 is 14.4 Å². The Hall–Kier alpha value is -7.10. The zero-order chi connectivity index (χ0) is 71.2. The molecule has 0 bridgehead atoms. The number of carbonyl (C=O) groups excluding carboxylic acids is 11. The number of aryl methyl sites for hydroxylation is 1. The van der Waals surface area contributed by atoms with Gasteiger partial charge in [-0.2, -0.15) is 0 Å². The highest BCUT2D eigenvalue weighted by atomic mass is 16.5. The first-order valence-corrected chi connectivity index (χ1v) is 33.0. The van der Waals surface area contributed by atoms with Gasteiger partial charge in [0.2, 0.25) is 65.0 Å². The number of nitrogens with zero attached hydrogens (tertiary/aromatic N) is 11. The largest absolute Gasteiger partial charge is 0.390 e. The molecule has 0 aromatic carbocycles. The molecular formula is C65H115N15O13. The number of rotatable bonds is 20. The van der Waals surface area contributed by atoms with Gasteiger partial charge in [-0.05, 0) is 119 Å². The molecule has 13 atom stereocenters. The Kier molecular flexibility index (Phi) is 33.8. The fourth-order valence-electron chi connectivity index (χ4n) is 11.5. The van der Waals surface area contributed by atoms with Crippen molar-refractivity contribution in [2.24, 2.45) is 35.5 Å². The predicted octanol–water partition coefficient (Wildman–Crippen LogP) is 2.09. The molecular weight excluding hydrogens is 1200 g/mol. The highest BCUT2D eigenvalue weighted by molar-refractivity contribution is 5.99. The lowest BCUT2D eigenvalue weighted by Crippen LogP contribution is -2.63. The van der Waals surface area contributed by atoms with Crippen molar-refractivity contribution in [2.75, 3.05) is 62.5 Å². The normalized spacial score (nSPS) is 25.9. The van der Waals surface area contributed by atoms with Gasteiger partial charge in [0.25, 0.3) is 0 Å². The number of ether oxygens (including phenoxy) is 1. The molecule has 0 aliphatic carbocycles. The number of nitrogens with one attached hydrogen (secondary N) is 4. The zero-order valence-corrected chi connectivity index (χ0v) is 60.0. The molecule has 1 aliphatic heterocycles. The van der Waals surface area contributed by atoms with Crippen LogP contribution in [0, 0.1) is 35.5 Å². The van der Waals surface area contributed by atoms with Gasteiger partial charge in [-0.15, -0.1) is 5.10 Å². The van der Waals surface area contributed by atoms with Crippen LogP contribution in [0.3, 0.4) is 0 Å². The second-order valence-electron chi connectivity index (χ2n) is 27.2. The summed E-state index contributed by atoms with van der Waals surface area (Å²) in [5.74, 6) is -10.2. The Morgan fingerprint density at radius 2 is 1.06 bits per heavy atom. The van der Waals surface area contributed by atoms with Crippen LogP contribution in [0.25, 0.3) is 0 Å². The average Bonchev–Trinajstić information content (AvgIpc) is 1.07. The third-order valence-corrected chi connectivity index (χ3v) is 17.3. The number of tetrazole rings is 1. The summed E-state index contributed by atoms with van der Waals surface area (Å²) in [5.41, 5.74) is 0. The molecule has 1 fully saturated rings. The van der Waals surface area contributed by atoms with Gasteiger partial charge in [0.05, 0.1) is 18.8 Å². The van der Waals surface area contributed by atoms with Crippen molar-refractivity contribution >= 4 is 65.0 Å². The zero-order valence-electron chi connectivity index (χ0n) is 60.0. The van der Waals surface area contributed by atoms with E-state index in [9.17, 15) is 43.5 Å². The number of unbranched alkanes of at least 4 members (excludes halogenated alkanes) is 1. The van der Waals surface area contributed by atoms with Crippen LogP contribution in [0.4, 0.5) is 0 Å². The minimum absolute atomic E-state index is 0.0139. The van der Waals surface area contributed by atoms with Crippen molar-refractivity contribution in [3.8, 4) is 0 Å². The quantitative estimate of drug-likeness (QED) is 0.0922. The van der Waals surface area contributed by atoms with Crippen molar-refractivity contribution in [3.63, 3.8) is 0 Å². The number of carbonyl (C=O) groups is 11. The fraction of sp³-hybridized carbons (Fsp3) is 0.785. The molecule has 1 saturated heterocycles. The summed E-state index contributed by atoms with van der Waals surface area (Å²) >= 11 is 0. The van der Waals surface area contributed by atoms with E-state index in [0.29, 0.717) is 25.8 Å². The summed E-state index contributed by atoms with van der Waals surface area (Å²) in [6.07, 6.45) is 4.26. The van der Waals surface area contributed by atoms with Gasteiger partial charge in [0.1, 0.15) is 66.7 Å². The summed E-state index contributed by atoms with van der Waals surface area (Å²) in [6, 6.07) is -13.0. The summed E-state index contributed by atoms with van der Waals surface area (Å²) in [5, 5.41) is 34.3. The molecule has 5 N–H and O–H groups in total. The van der Waals surface area contributed by atoms with Crippen LogP contribution in [-0.4, -0.2) is 260 Å². The number of likely N-dealkylation sites (N-methyl/N-ethyl adjacent to an activating group) is 7. The number of hydrogen-bond acceptors (Lipinski definition) is 16. The van der Waals surface area contributed by atoms with Gasteiger partial charge in [-0.1, -0.05) is 95.2 Å². The van der Waals surface area contributed by atoms with Crippen molar-refractivity contribution in [1.29, 1.82) is 0 Å². The highest BCUT2D eigenvalue weighted by Gasteiger charge is 2.46. The van der Waals surface area contributed by atoms with Gasteiger partial charge >= 0.3 is 0 Å². The maximum absolute atomic E-state index is 15.2. The molecule has 11 amide bonds. The fourth-order valence-corrected chi connectivity index (χ4v) is 11.5. The van der Waals surface area contributed by atoms with Crippen LogP contribution in [0.1, 0.15) is 156 Å². The van der Waals surface area contributed by atoms with E-state index in [1.165, 1.54) is 89.1 Å². The number of amides is 11. The maximum atomic E-state index is 15.2. The van der Waals surface area contributed by atoms with Crippen LogP contribution in [-0.2, 0) is 64.0 Å². The molecule has 28 nitrogen and oxygen atoms in total.